The molecule has 9 heteroatoms. The van der Waals surface area contributed by atoms with Gasteiger partial charge >= 0.3 is 0 Å². The Labute approximate surface area is 248 Å². The molecule has 3 aliphatic heterocycles. The lowest BCUT2D eigenvalue weighted by Crippen LogP contribution is -2.64. The van der Waals surface area contributed by atoms with Gasteiger partial charge in [0, 0.05) is 37.6 Å². The van der Waals surface area contributed by atoms with Crippen LogP contribution in [0.2, 0.25) is 0 Å². The molecule has 5 unspecified atom stereocenters. The molecule has 6 rings (SSSR count). The second-order valence-electron chi connectivity index (χ2n) is 14.5. The van der Waals surface area contributed by atoms with Gasteiger partial charge in [0.25, 0.3) is 0 Å². The van der Waals surface area contributed by atoms with Gasteiger partial charge in [-0.1, -0.05) is 38.5 Å². The number of hydrogen-bond acceptors (Lipinski definition) is 7. The summed E-state index contributed by atoms with van der Waals surface area (Å²) in [7, 11) is -3.51. The summed E-state index contributed by atoms with van der Waals surface area (Å²) in [6.07, 6.45) is 8.44. The summed E-state index contributed by atoms with van der Waals surface area (Å²) in [5, 5.41) is 10.4. The lowest BCUT2D eigenvalue weighted by Gasteiger charge is -2.53. The Balaban J connectivity index is 1.30. The van der Waals surface area contributed by atoms with E-state index < -0.39 is 16.3 Å². The molecule has 6 atom stereocenters. The molecule has 8 nitrogen and oxygen atoms in total. The summed E-state index contributed by atoms with van der Waals surface area (Å²) in [5.74, 6) is 0.975. The van der Waals surface area contributed by atoms with Gasteiger partial charge in [0.2, 0.25) is 10.0 Å². The normalized spacial score (nSPS) is 40.0. The van der Waals surface area contributed by atoms with Gasteiger partial charge in [0.15, 0.2) is 0 Å². The standard InChI is InChI=1S/C32H53N5O3S/c1-21(2)13-25-19-40-29-15-28(30-22(3)7-5-8-23(30)4)34-31(35-29)36-41(38,39)27-10-6-9-24(14-27)18-37(25)26-16-32(17-26)11-12-33-20-32/h5,7-8,21,24-29,31,33-36H,6,9-20H2,1-4H3/t24?,25-,26?,27?,28?,29?,31?,32?/m1/s1. The van der Waals surface area contributed by atoms with E-state index in [1.807, 2.05) is 0 Å². The van der Waals surface area contributed by atoms with E-state index >= 15 is 0 Å². The van der Waals surface area contributed by atoms with Crippen molar-refractivity contribution < 1.29 is 13.2 Å². The minimum absolute atomic E-state index is 0.000362. The highest BCUT2D eigenvalue weighted by Crippen LogP contribution is 2.49. The molecule has 0 radical (unpaired) electrons. The predicted molar refractivity (Wildman–Crippen MR) is 164 cm³/mol. The maximum absolute atomic E-state index is 13.8. The molecule has 5 fully saturated rings. The number of aryl methyl sites for hydroxylation is 2. The lowest BCUT2D eigenvalue weighted by atomic mass is 9.64. The average Bonchev–Trinajstić information content (AvgIpc) is 3.39. The molecule has 0 amide bonds. The van der Waals surface area contributed by atoms with Crippen LogP contribution in [0.4, 0.5) is 0 Å². The molecule has 41 heavy (non-hydrogen) atoms. The first kappa shape index (κ1) is 30.0. The van der Waals surface area contributed by atoms with E-state index in [1.165, 1.54) is 36.0 Å². The molecule has 1 aromatic rings. The fourth-order valence-corrected chi connectivity index (χ4v) is 10.4. The van der Waals surface area contributed by atoms with Crippen LogP contribution in [0.1, 0.15) is 94.4 Å². The number of sulfonamides is 1. The predicted octanol–water partition coefficient (Wildman–Crippen LogP) is 3.90. The van der Waals surface area contributed by atoms with Crippen molar-refractivity contribution in [2.24, 2.45) is 17.3 Å². The number of fused-ring (bicyclic) bond motifs is 4. The summed E-state index contributed by atoms with van der Waals surface area (Å²) in [6, 6.07) is 7.29. The zero-order valence-corrected chi connectivity index (χ0v) is 26.4. The third-order valence-corrected chi connectivity index (χ3v) is 12.7. The van der Waals surface area contributed by atoms with Crippen molar-refractivity contribution >= 4 is 10.0 Å². The van der Waals surface area contributed by atoms with E-state index in [0.29, 0.717) is 35.9 Å². The second kappa shape index (κ2) is 12.1. The molecule has 1 spiro atoms. The number of nitrogens with one attached hydrogen (secondary N) is 4. The Morgan fingerprint density at radius 3 is 2.59 bits per heavy atom. The van der Waals surface area contributed by atoms with Crippen molar-refractivity contribution in [3.8, 4) is 0 Å². The number of ether oxygens (including phenoxy) is 1. The molecule has 1 aromatic carbocycles. The number of nitrogens with zero attached hydrogens (tertiary/aromatic N) is 1. The van der Waals surface area contributed by atoms with Crippen LogP contribution >= 0.6 is 0 Å². The second-order valence-corrected chi connectivity index (χ2v) is 16.5. The van der Waals surface area contributed by atoms with Gasteiger partial charge in [0.05, 0.1) is 11.9 Å². The van der Waals surface area contributed by atoms with Crippen molar-refractivity contribution in [1.29, 1.82) is 0 Å². The monoisotopic (exact) mass is 587 g/mol. The molecule has 5 aliphatic rings. The van der Waals surface area contributed by atoms with Crippen LogP contribution < -0.4 is 20.7 Å². The van der Waals surface area contributed by atoms with Gasteiger partial charge in [-0.15, -0.1) is 0 Å². The maximum Gasteiger partial charge on any atom is 0.216 e. The van der Waals surface area contributed by atoms with Crippen LogP contribution in [0.15, 0.2) is 18.2 Å². The van der Waals surface area contributed by atoms with Crippen molar-refractivity contribution in [3.05, 3.63) is 34.9 Å². The van der Waals surface area contributed by atoms with Crippen LogP contribution in [-0.4, -0.2) is 69.4 Å². The van der Waals surface area contributed by atoms with Crippen LogP contribution in [0.25, 0.3) is 0 Å². The van der Waals surface area contributed by atoms with E-state index in [1.54, 1.807) is 0 Å². The summed E-state index contributed by atoms with van der Waals surface area (Å²) in [4.78, 5) is 2.79. The van der Waals surface area contributed by atoms with Crippen molar-refractivity contribution in [1.82, 2.24) is 25.6 Å². The SMILES string of the molecule is Cc1cccc(C)c1C1CC2NC(N1)NS(=O)(=O)C1CCCC(C1)CN(C1CC3(CCNC3)C1)[C@H](CC(C)C)CO2. The molecular formula is C32H53N5O3S. The zero-order chi connectivity index (χ0) is 28.8. The molecule has 3 heterocycles. The molecule has 2 saturated carbocycles. The van der Waals surface area contributed by atoms with Gasteiger partial charge in [0.1, 0.15) is 12.5 Å². The van der Waals surface area contributed by atoms with E-state index in [-0.39, 0.29) is 17.5 Å². The third kappa shape index (κ3) is 6.56. The number of rotatable bonds is 4. The molecule has 4 bridgehead atoms. The minimum atomic E-state index is -3.51. The topological polar surface area (TPSA) is 94.7 Å². The molecule has 230 valence electrons. The Kier molecular flexibility index (Phi) is 8.87. The van der Waals surface area contributed by atoms with Crippen LogP contribution in [-0.2, 0) is 14.8 Å². The largest absolute Gasteiger partial charge is 0.362 e. The third-order valence-electron chi connectivity index (χ3n) is 10.8. The van der Waals surface area contributed by atoms with Gasteiger partial charge in [-0.05, 0) is 99.3 Å². The van der Waals surface area contributed by atoms with Crippen molar-refractivity contribution in [3.63, 3.8) is 0 Å². The molecule has 2 aliphatic carbocycles. The van der Waals surface area contributed by atoms with E-state index in [4.69, 9.17) is 4.74 Å². The zero-order valence-electron chi connectivity index (χ0n) is 25.6. The first-order chi connectivity index (χ1) is 19.6. The van der Waals surface area contributed by atoms with Gasteiger partial charge in [-0.3, -0.25) is 15.5 Å². The Hall–Kier alpha value is -1.07. The van der Waals surface area contributed by atoms with Crippen molar-refractivity contribution in [2.75, 3.05) is 26.2 Å². The highest BCUT2D eigenvalue weighted by atomic mass is 32.2. The smallest absolute Gasteiger partial charge is 0.216 e. The molecule has 0 aromatic heterocycles. The van der Waals surface area contributed by atoms with Gasteiger partial charge in [-0.2, -0.15) is 4.72 Å². The first-order valence-corrected chi connectivity index (χ1v) is 17.8. The van der Waals surface area contributed by atoms with Crippen LogP contribution in [0, 0.1) is 31.1 Å². The molecule has 3 saturated heterocycles. The highest BCUT2D eigenvalue weighted by Gasteiger charge is 2.50. The fourth-order valence-electron chi connectivity index (χ4n) is 8.78. The maximum atomic E-state index is 13.8. The van der Waals surface area contributed by atoms with E-state index in [2.05, 4.69) is 71.5 Å². The fraction of sp³-hybridized carbons (Fsp3) is 0.812. The van der Waals surface area contributed by atoms with Crippen LogP contribution in [0.3, 0.4) is 0 Å². The quantitative estimate of drug-likeness (QED) is 0.425. The first-order valence-electron chi connectivity index (χ1n) is 16.3. The Morgan fingerprint density at radius 2 is 1.88 bits per heavy atom. The average molecular weight is 588 g/mol. The van der Waals surface area contributed by atoms with Crippen molar-refractivity contribution in [2.45, 2.75) is 121 Å². The molecular weight excluding hydrogens is 534 g/mol. The number of benzene rings is 1. The van der Waals surface area contributed by atoms with Gasteiger partial charge < -0.3 is 10.1 Å². The summed E-state index contributed by atoms with van der Waals surface area (Å²) in [5.41, 5.74) is 4.17. The molecule has 4 N–H and O–H groups in total. The lowest BCUT2D eigenvalue weighted by molar-refractivity contribution is -0.0791. The Bertz CT molecular complexity index is 1140. The summed E-state index contributed by atoms with van der Waals surface area (Å²) < 4.78 is 37.4. The van der Waals surface area contributed by atoms with E-state index in [9.17, 15) is 8.42 Å². The highest BCUT2D eigenvalue weighted by molar-refractivity contribution is 7.90. The Morgan fingerprint density at radius 1 is 1.10 bits per heavy atom. The van der Waals surface area contributed by atoms with E-state index in [0.717, 1.165) is 58.2 Å². The summed E-state index contributed by atoms with van der Waals surface area (Å²) in [6.45, 7) is 12.9. The number of hydrogen-bond donors (Lipinski definition) is 4. The van der Waals surface area contributed by atoms with Crippen LogP contribution in [0.5, 0.6) is 0 Å². The summed E-state index contributed by atoms with van der Waals surface area (Å²) >= 11 is 0. The van der Waals surface area contributed by atoms with Gasteiger partial charge in [-0.25, -0.2) is 8.42 Å². The minimum Gasteiger partial charge on any atom is -0.362 e.